The lowest BCUT2D eigenvalue weighted by Gasteiger charge is -2.30. The predicted octanol–water partition coefficient (Wildman–Crippen LogP) is 4.05. The summed E-state index contributed by atoms with van der Waals surface area (Å²) in [6.07, 6.45) is 7.69. The summed E-state index contributed by atoms with van der Waals surface area (Å²) in [5, 5.41) is 20.2. The van der Waals surface area contributed by atoms with Gasteiger partial charge in [-0.15, -0.1) is 0 Å². The molecule has 1 aliphatic rings. The van der Waals surface area contributed by atoms with E-state index in [0.29, 0.717) is 17.2 Å². The normalized spacial score (nSPS) is 18.6. The molecule has 8 nitrogen and oxygen atoms in total. The Morgan fingerprint density at radius 2 is 2.03 bits per heavy atom. The first-order chi connectivity index (χ1) is 14.5. The van der Waals surface area contributed by atoms with Gasteiger partial charge in [-0.3, -0.25) is 0 Å². The molecule has 3 heterocycles. The summed E-state index contributed by atoms with van der Waals surface area (Å²) in [5.74, 6) is 0.621. The van der Waals surface area contributed by atoms with E-state index in [1.807, 2.05) is 32.0 Å². The van der Waals surface area contributed by atoms with E-state index in [2.05, 4.69) is 31.8 Å². The number of pyridine rings is 2. The van der Waals surface area contributed by atoms with E-state index in [1.165, 1.54) is 12.8 Å². The molecule has 30 heavy (non-hydrogen) atoms. The van der Waals surface area contributed by atoms with Gasteiger partial charge in [-0.2, -0.15) is 5.26 Å². The van der Waals surface area contributed by atoms with Crippen LogP contribution in [-0.2, 0) is 0 Å². The third-order valence-corrected chi connectivity index (χ3v) is 5.44. The van der Waals surface area contributed by atoms with E-state index in [1.54, 1.807) is 12.5 Å². The van der Waals surface area contributed by atoms with Gasteiger partial charge in [-0.1, -0.05) is 18.0 Å². The molecule has 0 bridgehead atoms. The summed E-state index contributed by atoms with van der Waals surface area (Å²) in [4.78, 5) is 8.87. The summed E-state index contributed by atoms with van der Waals surface area (Å²) in [7, 11) is 0. The first-order valence-electron chi connectivity index (χ1n) is 10.1. The maximum Gasteiger partial charge on any atom is 0.164 e. The summed E-state index contributed by atoms with van der Waals surface area (Å²) < 4.78 is 5.07. The van der Waals surface area contributed by atoms with Gasteiger partial charge in [0, 0.05) is 23.3 Å². The molecular weight excluding hydrogens is 378 g/mol. The van der Waals surface area contributed by atoms with Gasteiger partial charge in [-0.25, -0.2) is 9.97 Å². The third-order valence-electron chi connectivity index (χ3n) is 5.44. The molecule has 0 unspecified atom stereocenters. The van der Waals surface area contributed by atoms with Crippen molar-refractivity contribution in [3.63, 3.8) is 0 Å². The van der Waals surface area contributed by atoms with Crippen LogP contribution in [0.5, 0.6) is 0 Å². The van der Waals surface area contributed by atoms with E-state index < -0.39 is 0 Å². The summed E-state index contributed by atoms with van der Waals surface area (Å²) in [6.45, 7) is 3.81. The minimum atomic E-state index is 0.124. The largest absolute Gasteiger partial charge is 0.379 e. The van der Waals surface area contributed by atoms with E-state index in [4.69, 9.17) is 10.3 Å². The second-order valence-electron chi connectivity index (χ2n) is 7.75. The van der Waals surface area contributed by atoms with Crippen LogP contribution in [0.1, 0.15) is 42.8 Å². The van der Waals surface area contributed by atoms with Gasteiger partial charge in [0.05, 0.1) is 23.3 Å². The Kier molecular flexibility index (Phi) is 5.63. The molecule has 0 aromatic carbocycles. The molecule has 8 heteroatoms. The molecular formula is C22H25N7O. The molecule has 0 amide bonds. The highest BCUT2D eigenvalue weighted by molar-refractivity contribution is 5.72. The quantitative estimate of drug-likeness (QED) is 0.582. The third kappa shape index (κ3) is 4.26. The molecule has 2 atom stereocenters. The number of aryl methyl sites for hydroxylation is 2. The molecule has 4 N–H and O–H groups in total. The monoisotopic (exact) mass is 403 g/mol. The average Bonchev–Trinajstić information content (AvgIpc) is 3.15. The highest BCUT2D eigenvalue weighted by Gasteiger charge is 2.22. The minimum Gasteiger partial charge on any atom is -0.379 e. The number of anilines is 3. The fourth-order valence-electron chi connectivity index (χ4n) is 3.88. The molecule has 0 saturated heterocycles. The van der Waals surface area contributed by atoms with Crippen LogP contribution in [0.2, 0.25) is 0 Å². The summed E-state index contributed by atoms with van der Waals surface area (Å²) in [5.41, 5.74) is 11.5. The standard InChI is InChI=1S/C22H25N7O/c1-13-7-15(17-12-30-29-14(17)2)8-22(26-13)28-20-9-16(11-25-21(20)10-23)27-19-6-4-3-5-18(19)24/h7-9,11-12,18-19,27H,3-6,24H2,1-2H3,(H,26,28)/t18-,19+/m0/s1. The number of nitrogens with one attached hydrogen (secondary N) is 2. The second-order valence-corrected chi connectivity index (χ2v) is 7.75. The minimum absolute atomic E-state index is 0.124. The van der Waals surface area contributed by atoms with Crippen molar-refractivity contribution in [3.05, 3.63) is 47.7 Å². The second kappa shape index (κ2) is 8.51. The van der Waals surface area contributed by atoms with Crippen molar-refractivity contribution in [2.24, 2.45) is 5.73 Å². The van der Waals surface area contributed by atoms with Crippen LogP contribution < -0.4 is 16.4 Å². The first-order valence-corrected chi connectivity index (χ1v) is 10.1. The van der Waals surface area contributed by atoms with Crippen molar-refractivity contribution in [3.8, 4) is 17.2 Å². The van der Waals surface area contributed by atoms with Gasteiger partial charge in [-0.05, 0) is 50.5 Å². The molecule has 0 radical (unpaired) electrons. The molecule has 0 aliphatic heterocycles. The number of nitriles is 1. The molecule has 4 rings (SSSR count). The summed E-state index contributed by atoms with van der Waals surface area (Å²) >= 11 is 0. The van der Waals surface area contributed by atoms with E-state index in [9.17, 15) is 5.26 Å². The van der Waals surface area contributed by atoms with Gasteiger partial charge < -0.3 is 20.9 Å². The Balaban J connectivity index is 1.61. The lowest BCUT2D eigenvalue weighted by Crippen LogP contribution is -2.42. The number of nitrogens with two attached hydrogens (primary N) is 1. The Labute approximate surface area is 175 Å². The van der Waals surface area contributed by atoms with Gasteiger partial charge in [0.25, 0.3) is 0 Å². The van der Waals surface area contributed by atoms with E-state index in [-0.39, 0.29) is 12.1 Å². The van der Waals surface area contributed by atoms with Crippen LogP contribution in [-0.4, -0.2) is 27.2 Å². The fraction of sp³-hybridized carbons (Fsp3) is 0.364. The molecule has 3 aromatic rings. The lowest BCUT2D eigenvalue weighted by molar-refractivity contribution is 0.404. The first kappa shape index (κ1) is 19.9. The Bertz CT molecular complexity index is 1090. The summed E-state index contributed by atoms with van der Waals surface area (Å²) in [6, 6.07) is 8.24. The zero-order chi connectivity index (χ0) is 21.1. The van der Waals surface area contributed by atoms with Crippen molar-refractivity contribution in [1.82, 2.24) is 15.1 Å². The van der Waals surface area contributed by atoms with Crippen LogP contribution >= 0.6 is 0 Å². The maximum atomic E-state index is 9.51. The van der Waals surface area contributed by atoms with Crippen molar-refractivity contribution in [2.75, 3.05) is 10.6 Å². The van der Waals surface area contributed by atoms with Crippen LogP contribution in [0.25, 0.3) is 11.1 Å². The zero-order valence-electron chi connectivity index (χ0n) is 17.1. The van der Waals surface area contributed by atoms with Crippen molar-refractivity contribution >= 4 is 17.2 Å². The van der Waals surface area contributed by atoms with Crippen LogP contribution in [0.4, 0.5) is 17.2 Å². The number of nitrogens with zero attached hydrogens (tertiary/aromatic N) is 4. The highest BCUT2D eigenvalue weighted by atomic mass is 16.5. The number of hydrogen-bond acceptors (Lipinski definition) is 8. The van der Waals surface area contributed by atoms with Crippen LogP contribution in [0.3, 0.4) is 0 Å². The molecule has 1 saturated carbocycles. The van der Waals surface area contributed by atoms with E-state index >= 15 is 0 Å². The molecule has 3 aromatic heterocycles. The smallest absolute Gasteiger partial charge is 0.164 e. The Hall–Kier alpha value is -3.44. The lowest BCUT2D eigenvalue weighted by atomic mass is 9.91. The van der Waals surface area contributed by atoms with Crippen LogP contribution in [0, 0.1) is 25.2 Å². The highest BCUT2D eigenvalue weighted by Crippen LogP contribution is 2.29. The van der Waals surface area contributed by atoms with Crippen LogP contribution in [0.15, 0.2) is 35.2 Å². The molecule has 0 spiro atoms. The molecule has 154 valence electrons. The molecule has 1 fully saturated rings. The van der Waals surface area contributed by atoms with E-state index in [0.717, 1.165) is 41.0 Å². The number of aromatic nitrogens is 3. The Morgan fingerprint density at radius 3 is 2.77 bits per heavy atom. The van der Waals surface area contributed by atoms with Gasteiger partial charge in [0.15, 0.2) is 5.69 Å². The number of rotatable bonds is 5. The zero-order valence-corrected chi connectivity index (χ0v) is 17.1. The number of hydrogen-bond donors (Lipinski definition) is 3. The van der Waals surface area contributed by atoms with Gasteiger partial charge in [0.2, 0.25) is 0 Å². The topological polar surface area (TPSA) is 126 Å². The van der Waals surface area contributed by atoms with Gasteiger partial charge >= 0.3 is 0 Å². The predicted molar refractivity (Wildman–Crippen MR) is 115 cm³/mol. The van der Waals surface area contributed by atoms with Crippen molar-refractivity contribution < 1.29 is 4.52 Å². The maximum absolute atomic E-state index is 9.51. The molecule has 1 aliphatic carbocycles. The Morgan fingerprint density at radius 1 is 1.20 bits per heavy atom. The van der Waals surface area contributed by atoms with Gasteiger partial charge in [0.1, 0.15) is 18.2 Å². The fourth-order valence-corrected chi connectivity index (χ4v) is 3.88. The SMILES string of the molecule is Cc1cc(-c2conc2C)cc(Nc2cc(N[C@@H]3CCCC[C@@H]3N)cnc2C#N)n1. The van der Waals surface area contributed by atoms with Crippen molar-refractivity contribution in [1.29, 1.82) is 5.26 Å². The van der Waals surface area contributed by atoms with Crippen molar-refractivity contribution in [2.45, 2.75) is 51.6 Å². The average molecular weight is 403 g/mol.